The molecule has 3 aromatic rings. The molecule has 0 radical (unpaired) electrons. The van der Waals surface area contributed by atoms with E-state index >= 15 is 0 Å². The number of halogens is 2. The van der Waals surface area contributed by atoms with Crippen LogP contribution < -0.4 is 10.9 Å². The number of aryl methyl sites for hydroxylation is 1. The molecule has 1 amide bonds. The Labute approximate surface area is 159 Å². The van der Waals surface area contributed by atoms with Crippen molar-refractivity contribution < 1.29 is 4.79 Å². The van der Waals surface area contributed by atoms with Crippen LogP contribution in [0, 0.1) is 0 Å². The molecule has 1 N–H and O–H groups in total. The fraction of sp³-hybridized carbons (Fsp3) is 0.211. The number of hydrogen-bond donors (Lipinski definition) is 1. The molecule has 0 spiro atoms. The number of carbonyl (C=O) groups is 1. The van der Waals surface area contributed by atoms with Gasteiger partial charge in [0.15, 0.2) is 0 Å². The predicted molar refractivity (Wildman–Crippen MR) is 102 cm³/mol. The van der Waals surface area contributed by atoms with Gasteiger partial charge in [0.2, 0.25) is 0 Å². The molecule has 2 aromatic carbocycles. The van der Waals surface area contributed by atoms with Gasteiger partial charge >= 0.3 is 0 Å². The first-order chi connectivity index (χ1) is 12.5. The quantitative estimate of drug-likeness (QED) is 0.746. The molecular formula is C19H15Cl2N3O2. The van der Waals surface area contributed by atoms with E-state index in [2.05, 4.69) is 10.3 Å². The van der Waals surface area contributed by atoms with Gasteiger partial charge in [-0.25, -0.2) is 4.98 Å². The molecule has 4 rings (SSSR count). The van der Waals surface area contributed by atoms with Crippen LogP contribution in [0.3, 0.4) is 0 Å². The molecule has 0 saturated heterocycles. The van der Waals surface area contributed by atoms with E-state index in [1.807, 2.05) is 0 Å². The minimum atomic E-state index is -0.250. The summed E-state index contributed by atoms with van der Waals surface area (Å²) in [7, 11) is 0. The van der Waals surface area contributed by atoms with Crippen LogP contribution in [0.25, 0.3) is 10.9 Å². The van der Waals surface area contributed by atoms with Crippen molar-refractivity contribution in [3.8, 4) is 0 Å². The van der Waals surface area contributed by atoms with E-state index < -0.39 is 0 Å². The highest BCUT2D eigenvalue weighted by atomic mass is 35.5. The minimum absolute atomic E-state index is 0.0394. The number of fused-ring (bicyclic) bond motifs is 2. The molecule has 0 saturated carbocycles. The van der Waals surface area contributed by atoms with Crippen LogP contribution in [0.1, 0.15) is 28.2 Å². The average Bonchev–Trinajstić information content (AvgIpc) is 3.09. The molecule has 1 aromatic heterocycles. The zero-order valence-electron chi connectivity index (χ0n) is 13.8. The van der Waals surface area contributed by atoms with Gasteiger partial charge in [-0.05, 0) is 42.3 Å². The Morgan fingerprint density at radius 2 is 2.04 bits per heavy atom. The van der Waals surface area contributed by atoms with Crippen LogP contribution in [0.5, 0.6) is 0 Å². The van der Waals surface area contributed by atoms with Gasteiger partial charge in [-0.2, -0.15) is 0 Å². The Morgan fingerprint density at radius 3 is 2.85 bits per heavy atom. The Hall–Kier alpha value is -2.37. The maximum Gasteiger partial charge on any atom is 0.261 e. The normalized spacial score (nSPS) is 13.0. The zero-order valence-corrected chi connectivity index (χ0v) is 15.3. The first kappa shape index (κ1) is 17.1. The lowest BCUT2D eigenvalue weighted by molar-refractivity contribution is 0.0951. The Kier molecular flexibility index (Phi) is 4.42. The van der Waals surface area contributed by atoms with Crippen molar-refractivity contribution in [3.05, 3.63) is 73.7 Å². The third-order valence-corrected chi connectivity index (χ3v) is 5.12. The van der Waals surface area contributed by atoms with Gasteiger partial charge in [-0.15, -0.1) is 0 Å². The number of carbonyl (C=O) groups excluding carboxylic acids is 1. The van der Waals surface area contributed by atoms with Crippen molar-refractivity contribution in [2.24, 2.45) is 0 Å². The first-order valence-electron chi connectivity index (χ1n) is 8.28. The van der Waals surface area contributed by atoms with Crippen LogP contribution in [0.2, 0.25) is 10.0 Å². The zero-order chi connectivity index (χ0) is 18.3. The number of aromatic nitrogens is 2. The highest BCUT2D eigenvalue weighted by molar-refractivity contribution is 6.35. The highest BCUT2D eigenvalue weighted by Crippen LogP contribution is 2.21. The molecule has 0 unspecified atom stereocenters. The Balaban J connectivity index is 1.59. The highest BCUT2D eigenvalue weighted by Gasteiger charge is 2.17. The molecule has 1 aliphatic rings. The lowest BCUT2D eigenvalue weighted by atomic mass is 10.1. The molecule has 0 atom stereocenters. The van der Waals surface area contributed by atoms with Gasteiger partial charge in [0.25, 0.3) is 11.5 Å². The summed E-state index contributed by atoms with van der Waals surface area (Å²) in [4.78, 5) is 29.5. The number of nitrogens with one attached hydrogen (secondary N) is 1. The van der Waals surface area contributed by atoms with E-state index in [0.717, 1.165) is 24.2 Å². The smallest absolute Gasteiger partial charge is 0.261 e. The van der Waals surface area contributed by atoms with Crippen molar-refractivity contribution in [1.29, 1.82) is 0 Å². The van der Waals surface area contributed by atoms with E-state index in [0.29, 0.717) is 33.1 Å². The van der Waals surface area contributed by atoms with Gasteiger partial charge in [-0.3, -0.25) is 14.2 Å². The second-order valence-electron chi connectivity index (χ2n) is 6.24. The Bertz CT molecular complexity index is 1090. The van der Waals surface area contributed by atoms with Crippen LogP contribution in [-0.2, 0) is 19.5 Å². The maximum atomic E-state index is 12.5. The lowest BCUT2D eigenvalue weighted by Crippen LogP contribution is -2.24. The summed E-state index contributed by atoms with van der Waals surface area (Å²) in [5.74, 6) is 0.535. The molecule has 0 fully saturated rings. The van der Waals surface area contributed by atoms with Crippen LogP contribution in [0.15, 0.2) is 41.2 Å². The lowest BCUT2D eigenvalue weighted by Gasteiger charge is -2.09. The SMILES string of the molecule is O=C(NCc1ccc(Cl)cc1Cl)c1ccc2c(=O)n3c(nc2c1)CCC3. The summed E-state index contributed by atoms with van der Waals surface area (Å²) in [6.45, 7) is 0.994. The molecule has 1 aliphatic heterocycles. The summed E-state index contributed by atoms with van der Waals surface area (Å²) >= 11 is 12.0. The van der Waals surface area contributed by atoms with Crippen molar-refractivity contribution in [2.75, 3.05) is 0 Å². The second-order valence-corrected chi connectivity index (χ2v) is 7.08. The fourth-order valence-corrected chi connectivity index (χ4v) is 3.64. The van der Waals surface area contributed by atoms with E-state index in [1.165, 1.54) is 0 Å². The standard InChI is InChI=1S/C19H15Cl2N3O2/c20-13-5-3-12(15(21)9-13)10-22-18(25)11-4-6-14-16(8-11)23-17-2-1-7-24(17)19(14)26/h3-6,8-9H,1-2,7,10H2,(H,22,25). The molecule has 26 heavy (non-hydrogen) atoms. The van der Waals surface area contributed by atoms with E-state index in [4.69, 9.17) is 23.2 Å². The van der Waals surface area contributed by atoms with E-state index in [1.54, 1.807) is 41.0 Å². The minimum Gasteiger partial charge on any atom is -0.348 e. The third-order valence-electron chi connectivity index (χ3n) is 4.53. The number of benzene rings is 2. The van der Waals surface area contributed by atoms with Crippen LogP contribution in [-0.4, -0.2) is 15.5 Å². The van der Waals surface area contributed by atoms with Gasteiger partial charge in [-0.1, -0.05) is 29.3 Å². The molecule has 2 heterocycles. The topological polar surface area (TPSA) is 64.0 Å². The fourth-order valence-electron chi connectivity index (χ4n) is 3.17. The van der Waals surface area contributed by atoms with Crippen molar-refractivity contribution >= 4 is 40.0 Å². The molecule has 132 valence electrons. The van der Waals surface area contributed by atoms with Gasteiger partial charge < -0.3 is 5.32 Å². The Morgan fingerprint density at radius 1 is 1.19 bits per heavy atom. The van der Waals surface area contributed by atoms with Crippen molar-refractivity contribution in [3.63, 3.8) is 0 Å². The van der Waals surface area contributed by atoms with E-state index in [-0.39, 0.29) is 18.0 Å². The number of rotatable bonds is 3. The maximum absolute atomic E-state index is 12.5. The number of nitrogens with zero attached hydrogens (tertiary/aromatic N) is 2. The number of amides is 1. The van der Waals surface area contributed by atoms with Gasteiger partial charge in [0.05, 0.1) is 10.9 Å². The number of hydrogen-bond acceptors (Lipinski definition) is 3. The summed E-state index contributed by atoms with van der Waals surface area (Å²) in [5.41, 5.74) is 1.75. The van der Waals surface area contributed by atoms with Crippen LogP contribution >= 0.6 is 23.2 Å². The first-order valence-corrected chi connectivity index (χ1v) is 9.04. The van der Waals surface area contributed by atoms with Crippen molar-refractivity contribution in [2.45, 2.75) is 25.9 Å². The molecule has 5 nitrogen and oxygen atoms in total. The van der Waals surface area contributed by atoms with Gasteiger partial charge in [0.1, 0.15) is 5.82 Å². The monoisotopic (exact) mass is 387 g/mol. The summed E-state index contributed by atoms with van der Waals surface area (Å²) < 4.78 is 1.71. The summed E-state index contributed by atoms with van der Waals surface area (Å²) in [6, 6.07) is 10.1. The third kappa shape index (κ3) is 3.08. The van der Waals surface area contributed by atoms with Gasteiger partial charge in [0, 0.05) is 35.1 Å². The molecule has 0 aliphatic carbocycles. The molecular weight excluding hydrogens is 373 g/mol. The summed E-state index contributed by atoms with van der Waals surface area (Å²) in [5, 5.41) is 4.41. The van der Waals surface area contributed by atoms with Crippen LogP contribution in [0.4, 0.5) is 0 Å². The average molecular weight is 388 g/mol. The van der Waals surface area contributed by atoms with E-state index in [9.17, 15) is 9.59 Å². The largest absolute Gasteiger partial charge is 0.348 e. The predicted octanol–water partition coefficient (Wildman–Crippen LogP) is 3.58. The van der Waals surface area contributed by atoms with Crippen molar-refractivity contribution in [1.82, 2.24) is 14.9 Å². The molecule has 7 heteroatoms. The molecule has 0 bridgehead atoms. The second kappa shape index (κ2) is 6.74. The summed E-state index contributed by atoms with van der Waals surface area (Å²) in [6.07, 6.45) is 1.71.